The van der Waals surface area contributed by atoms with Gasteiger partial charge in [0, 0.05) is 34.8 Å². The van der Waals surface area contributed by atoms with Crippen molar-refractivity contribution in [2.45, 2.75) is 53.7 Å². The van der Waals surface area contributed by atoms with Crippen molar-refractivity contribution < 1.29 is 14.6 Å². The summed E-state index contributed by atoms with van der Waals surface area (Å²) in [5, 5.41) is 11.0. The van der Waals surface area contributed by atoms with E-state index in [0.717, 1.165) is 36.3 Å². The highest BCUT2D eigenvalue weighted by Crippen LogP contribution is 2.33. The lowest BCUT2D eigenvalue weighted by atomic mass is 9.97. The number of benzene rings is 3. The molecule has 0 saturated heterocycles. The van der Waals surface area contributed by atoms with E-state index in [1.165, 1.54) is 16.5 Å². The minimum absolute atomic E-state index is 0.184. The lowest BCUT2D eigenvalue weighted by molar-refractivity contribution is 0.0694. The lowest BCUT2D eigenvalue weighted by Gasteiger charge is -2.20. The van der Waals surface area contributed by atoms with Crippen LogP contribution in [0.3, 0.4) is 0 Å². The number of fused-ring (bicyclic) bond motifs is 1. The van der Waals surface area contributed by atoms with Crippen LogP contribution in [0.4, 0.5) is 0 Å². The van der Waals surface area contributed by atoms with Crippen molar-refractivity contribution in [3.63, 3.8) is 0 Å². The number of hydrogen-bond acceptors (Lipinski definition) is 2. The van der Waals surface area contributed by atoms with Crippen LogP contribution in [0.5, 0.6) is 5.75 Å². The molecule has 0 radical (unpaired) electrons. The third-order valence-electron chi connectivity index (χ3n) is 5.99. The van der Waals surface area contributed by atoms with E-state index in [2.05, 4.69) is 50.6 Å². The van der Waals surface area contributed by atoms with Crippen LogP contribution in [-0.2, 0) is 19.6 Å². The Morgan fingerprint density at radius 3 is 2.41 bits per heavy atom. The predicted molar refractivity (Wildman–Crippen MR) is 139 cm³/mol. The second-order valence-electron chi connectivity index (χ2n) is 10.1. The molecule has 0 saturated carbocycles. The average Bonchev–Trinajstić information content (AvgIpc) is 3.20. The van der Waals surface area contributed by atoms with Crippen LogP contribution in [0.1, 0.15) is 55.6 Å². The van der Waals surface area contributed by atoms with Gasteiger partial charge in [-0.3, -0.25) is 0 Å². The largest absolute Gasteiger partial charge is 0.489 e. The van der Waals surface area contributed by atoms with Crippen molar-refractivity contribution in [3.05, 3.63) is 89.6 Å². The summed E-state index contributed by atoms with van der Waals surface area (Å²) >= 11 is 0. The van der Waals surface area contributed by atoms with Gasteiger partial charge in [-0.25, -0.2) is 4.79 Å². The van der Waals surface area contributed by atoms with Crippen molar-refractivity contribution in [2.75, 3.05) is 0 Å². The van der Waals surface area contributed by atoms with Crippen LogP contribution < -0.4 is 4.74 Å². The quantitative estimate of drug-likeness (QED) is 0.298. The minimum atomic E-state index is -0.943. The van der Waals surface area contributed by atoms with Crippen molar-refractivity contribution in [2.24, 2.45) is 5.41 Å². The SMILES string of the molecule is CCCc1c(OCc2cc(-c3ccccc3)ccc2C(=O)O)ccc2c1ccn2CC(C)(C)C. The number of carbonyl (C=O) groups is 1. The summed E-state index contributed by atoms with van der Waals surface area (Å²) in [6, 6.07) is 21.8. The number of aromatic nitrogens is 1. The first-order chi connectivity index (χ1) is 16.3. The molecular formula is C30H33NO3. The molecule has 0 aliphatic heterocycles. The number of aryl methyl sites for hydroxylation is 1. The third-order valence-corrected chi connectivity index (χ3v) is 5.99. The topological polar surface area (TPSA) is 51.5 Å². The average molecular weight is 456 g/mol. The fraction of sp³-hybridized carbons (Fsp3) is 0.300. The summed E-state index contributed by atoms with van der Waals surface area (Å²) in [7, 11) is 0. The maximum atomic E-state index is 11.9. The van der Waals surface area contributed by atoms with Gasteiger partial charge in [0.05, 0.1) is 5.56 Å². The molecular weight excluding hydrogens is 422 g/mol. The van der Waals surface area contributed by atoms with Crippen LogP contribution >= 0.6 is 0 Å². The number of ether oxygens (including phenoxy) is 1. The number of nitrogens with zero attached hydrogens (tertiary/aromatic N) is 1. The summed E-state index contributed by atoms with van der Waals surface area (Å²) in [5.41, 5.74) is 5.55. The highest BCUT2D eigenvalue weighted by Gasteiger charge is 2.17. The number of carboxylic acid groups (broad SMARTS) is 1. The second kappa shape index (κ2) is 9.76. The maximum absolute atomic E-state index is 11.9. The maximum Gasteiger partial charge on any atom is 0.336 e. The van der Waals surface area contributed by atoms with Crippen LogP contribution in [0.15, 0.2) is 72.9 Å². The van der Waals surface area contributed by atoms with E-state index in [4.69, 9.17) is 4.74 Å². The number of rotatable bonds is 8. The summed E-state index contributed by atoms with van der Waals surface area (Å²) in [6.45, 7) is 10.0. The van der Waals surface area contributed by atoms with E-state index in [1.807, 2.05) is 48.5 Å². The first kappa shape index (κ1) is 23.6. The standard InChI is InChI=1S/C30H33NO3/c1-5-9-26-25-16-17-31(20-30(2,3)4)27(25)14-15-28(26)34-19-23-18-22(12-13-24(23)29(32)33)21-10-7-6-8-11-21/h6-8,10-18H,5,9,19-20H2,1-4H3,(H,32,33). The van der Waals surface area contributed by atoms with Gasteiger partial charge in [0.1, 0.15) is 12.4 Å². The van der Waals surface area contributed by atoms with Crippen LogP contribution in [-0.4, -0.2) is 15.6 Å². The monoisotopic (exact) mass is 455 g/mol. The third kappa shape index (κ3) is 5.17. The van der Waals surface area contributed by atoms with E-state index < -0.39 is 5.97 Å². The van der Waals surface area contributed by atoms with E-state index in [-0.39, 0.29) is 17.6 Å². The van der Waals surface area contributed by atoms with Crippen LogP contribution in [0.2, 0.25) is 0 Å². The highest BCUT2D eigenvalue weighted by molar-refractivity contribution is 5.90. The van der Waals surface area contributed by atoms with Gasteiger partial charge < -0.3 is 14.4 Å². The summed E-state index contributed by atoms with van der Waals surface area (Å²) in [6.07, 6.45) is 4.07. The van der Waals surface area contributed by atoms with Gasteiger partial charge >= 0.3 is 5.97 Å². The van der Waals surface area contributed by atoms with Gasteiger partial charge in [-0.2, -0.15) is 0 Å². The molecule has 176 valence electrons. The predicted octanol–water partition coefficient (Wildman–Crippen LogP) is 7.58. The smallest absolute Gasteiger partial charge is 0.336 e. The first-order valence-corrected chi connectivity index (χ1v) is 11.9. The van der Waals surface area contributed by atoms with Gasteiger partial charge in [-0.1, -0.05) is 70.5 Å². The Morgan fingerprint density at radius 2 is 1.74 bits per heavy atom. The van der Waals surface area contributed by atoms with E-state index >= 15 is 0 Å². The molecule has 1 aromatic heterocycles. The Labute approximate surface area is 201 Å². The minimum Gasteiger partial charge on any atom is -0.489 e. The molecule has 0 aliphatic rings. The van der Waals surface area contributed by atoms with Gasteiger partial charge in [0.2, 0.25) is 0 Å². The van der Waals surface area contributed by atoms with Crippen molar-refractivity contribution in [1.82, 2.24) is 4.57 Å². The Balaban J connectivity index is 1.67. The van der Waals surface area contributed by atoms with Gasteiger partial charge in [0.25, 0.3) is 0 Å². The molecule has 4 rings (SSSR count). The number of carboxylic acids is 1. The van der Waals surface area contributed by atoms with E-state index in [1.54, 1.807) is 6.07 Å². The van der Waals surface area contributed by atoms with Crippen molar-refractivity contribution in [1.29, 1.82) is 0 Å². The normalized spacial score (nSPS) is 11.6. The molecule has 0 aliphatic carbocycles. The zero-order chi connectivity index (χ0) is 24.3. The Bertz CT molecular complexity index is 1300. The van der Waals surface area contributed by atoms with Gasteiger partial charge in [-0.05, 0) is 53.3 Å². The molecule has 4 aromatic rings. The van der Waals surface area contributed by atoms with Gasteiger partial charge in [-0.15, -0.1) is 0 Å². The molecule has 0 bridgehead atoms. The lowest BCUT2D eigenvalue weighted by Crippen LogP contribution is -2.14. The molecule has 1 heterocycles. The fourth-order valence-corrected chi connectivity index (χ4v) is 4.49. The Morgan fingerprint density at radius 1 is 0.971 bits per heavy atom. The molecule has 3 aromatic carbocycles. The Hall–Kier alpha value is -3.53. The summed E-state index contributed by atoms with van der Waals surface area (Å²) in [5.74, 6) is -0.119. The number of aromatic carboxylic acids is 1. The van der Waals surface area contributed by atoms with Crippen LogP contribution in [0.25, 0.3) is 22.0 Å². The zero-order valence-corrected chi connectivity index (χ0v) is 20.5. The molecule has 0 atom stereocenters. The van der Waals surface area contributed by atoms with Crippen molar-refractivity contribution >= 4 is 16.9 Å². The molecule has 0 spiro atoms. The highest BCUT2D eigenvalue weighted by atomic mass is 16.5. The fourth-order valence-electron chi connectivity index (χ4n) is 4.49. The second-order valence-corrected chi connectivity index (χ2v) is 10.1. The van der Waals surface area contributed by atoms with Crippen molar-refractivity contribution in [3.8, 4) is 16.9 Å². The summed E-state index contributed by atoms with van der Waals surface area (Å²) in [4.78, 5) is 11.9. The zero-order valence-electron chi connectivity index (χ0n) is 20.5. The number of hydrogen-bond donors (Lipinski definition) is 1. The van der Waals surface area contributed by atoms with E-state index in [9.17, 15) is 9.90 Å². The molecule has 4 nitrogen and oxygen atoms in total. The molecule has 34 heavy (non-hydrogen) atoms. The molecule has 0 unspecified atom stereocenters. The Kier molecular flexibility index (Phi) is 6.78. The first-order valence-electron chi connectivity index (χ1n) is 11.9. The van der Waals surface area contributed by atoms with Gasteiger partial charge in [0.15, 0.2) is 0 Å². The van der Waals surface area contributed by atoms with Crippen LogP contribution in [0, 0.1) is 5.41 Å². The molecule has 4 heteroatoms. The molecule has 0 amide bonds. The van der Waals surface area contributed by atoms with E-state index in [0.29, 0.717) is 5.56 Å². The molecule has 1 N–H and O–H groups in total. The summed E-state index contributed by atoms with van der Waals surface area (Å²) < 4.78 is 8.61. The molecule has 0 fully saturated rings.